The van der Waals surface area contributed by atoms with E-state index in [9.17, 15) is 9.59 Å². The molecule has 0 atom stereocenters. The first-order valence-electron chi connectivity index (χ1n) is 6.23. The molecule has 19 heavy (non-hydrogen) atoms. The number of ether oxygens (including phenoxy) is 1. The normalized spacial score (nSPS) is 9.11. The van der Waals surface area contributed by atoms with Gasteiger partial charge in [0.2, 0.25) is 0 Å². The smallest absolute Gasteiger partial charge is 0.411 e. The van der Waals surface area contributed by atoms with Crippen molar-refractivity contribution in [3.8, 4) is 11.8 Å². The van der Waals surface area contributed by atoms with Crippen molar-refractivity contribution in [3.05, 3.63) is 29.8 Å². The highest BCUT2D eigenvalue weighted by atomic mass is 16.5. The number of para-hydroxylation sites is 1. The molecule has 1 N–H and O–H groups in total. The van der Waals surface area contributed by atoms with Crippen LogP contribution in [0.1, 0.15) is 31.7 Å². The number of carbonyl (C=O) groups is 2. The van der Waals surface area contributed by atoms with Gasteiger partial charge in [0, 0.05) is 18.4 Å². The number of unbranched alkanes of at least 4 members (excludes halogenated alkanes) is 2. The highest BCUT2D eigenvalue weighted by Crippen LogP contribution is 2.14. The SMILES string of the molecule is CCOC(=O)Nc1ccccc1C#CCCCC=O. The molecule has 0 saturated heterocycles. The van der Waals surface area contributed by atoms with Crippen LogP contribution in [-0.4, -0.2) is 19.0 Å². The highest BCUT2D eigenvalue weighted by Gasteiger charge is 2.04. The second kappa shape index (κ2) is 8.76. The molecule has 0 aliphatic rings. The number of rotatable bonds is 5. The number of nitrogens with one attached hydrogen (secondary N) is 1. The number of amides is 1. The lowest BCUT2D eigenvalue weighted by Gasteiger charge is -2.06. The Morgan fingerprint density at radius 3 is 2.95 bits per heavy atom. The summed E-state index contributed by atoms with van der Waals surface area (Å²) in [7, 11) is 0. The van der Waals surface area contributed by atoms with Gasteiger partial charge in [0.15, 0.2) is 0 Å². The molecule has 1 aromatic rings. The Morgan fingerprint density at radius 2 is 2.21 bits per heavy atom. The number of carbonyl (C=O) groups excluding carboxylic acids is 2. The quantitative estimate of drug-likeness (QED) is 0.502. The molecule has 0 unspecified atom stereocenters. The molecule has 0 bridgehead atoms. The van der Waals surface area contributed by atoms with E-state index in [2.05, 4.69) is 17.2 Å². The average Bonchev–Trinajstić information content (AvgIpc) is 2.40. The van der Waals surface area contributed by atoms with Crippen LogP contribution in [0.25, 0.3) is 0 Å². The summed E-state index contributed by atoms with van der Waals surface area (Å²) in [4.78, 5) is 21.5. The lowest BCUT2D eigenvalue weighted by Crippen LogP contribution is -2.14. The van der Waals surface area contributed by atoms with Gasteiger partial charge in [-0.05, 0) is 25.5 Å². The van der Waals surface area contributed by atoms with Gasteiger partial charge in [0.1, 0.15) is 6.29 Å². The van der Waals surface area contributed by atoms with E-state index in [0.717, 1.165) is 18.3 Å². The van der Waals surface area contributed by atoms with Crippen LogP contribution in [0.5, 0.6) is 0 Å². The number of aldehydes is 1. The van der Waals surface area contributed by atoms with E-state index in [0.29, 0.717) is 25.1 Å². The van der Waals surface area contributed by atoms with Crippen LogP contribution in [-0.2, 0) is 9.53 Å². The van der Waals surface area contributed by atoms with Gasteiger partial charge in [-0.1, -0.05) is 24.0 Å². The third kappa shape index (κ3) is 5.73. The Balaban J connectivity index is 2.67. The monoisotopic (exact) mass is 259 g/mol. The lowest BCUT2D eigenvalue weighted by molar-refractivity contribution is -0.107. The van der Waals surface area contributed by atoms with Gasteiger partial charge in [0.25, 0.3) is 0 Å². The molecule has 100 valence electrons. The second-order valence-electron chi connectivity index (χ2n) is 3.75. The fraction of sp³-hybridized carbons (Fsp3) is 0.333. The predicted octanol–water partition coefficient (Wildman–Crippen LogP) is 2.98. The number of hydrogen-bond donors (Lipinski definition) is 1. The molecule has 0 aliphatic heterocycles. The average molecular weight is 259 g/mol. The summed E-state index contributed by atoms with van der Waals surface area (Å²) in [6.45, 7) is 2.07. The molecule has 0 saturated carbocycles. The van der Waals surface area contributed by atoms with Gasteiger partial charge in [-0.2, -0.15) is 0 Å². The van der Waals surface area contributed by atoms with Crippen molar-refractivity contribution >= 4 is 18.1 Å². The topological polar surface area (TPSA) is 55.4 Å². The minimum absolute atomic E-state index is 0.325. The fourth-order valence-electron chi connectivity index (χ4n) is 1.41. The van der Waals surface area contributed by atoms with Crippen molar-refractivity contribution in [1.82, 2.24) is 0 Å². The molecule has 1 rings (SSSR count). The van der Waals surface area contributed by atoms with Crippen molar-refractivity contribution in [2.24, 2.45) is 0 Å². The van der Waals surface area contributed by atoms with Crippen molar-refractivity contribution in [3.63, 3.8) is 0 Å². The summed E-state index contributed by atoms with van der Waals surface area (Å²) in [6.07, 6.45) is 2.34. The van der Waals surface area contributed by atoms with Crippen LogP contribution in [0, 0.1) is 11.8 Å². The molecule has 0 fully saturated rings. The molecular formula is C15H17NO3. The summed E-state index contributed by atoms with van der Waals surface area (Å²) >= 11 is 0. The van der Waals surface area contributed by atoms with E-state index in [-0.39, 0.29) is 0 Å². The largest absolute Gasteiger partial charge is 0.450 e. The maximum atomic E-state index is 11.4. The molecule has 1 amide bonds. The third-order valence-corrected chi connectivity index (χ3v) is 2.29. The van der Waals surface area contributed by atoms with Gasteiger partial charge in [-0.15, -0.1) is 0 Å². The Morgan fingerprint density at radius 1 is 1.42 bits per heavy atom. The van der Waals surface area contributed by atoms with Crippen molar-refractivity contribution < 1.29 is 14.3 Å². The Bertz CT molecular complexity index is 486. The zero-order chi connectivity index (χ0) is 13.9. The summed E-state index contributed by atoms with van der Waals surface area (Å²) < 4.78 is 4.82. The second-order valence-corrected chi connectivity index (χ2v) is 3.75. The number of anilines is 1. The minimum Gasteiger partial charge on any atom is -0.450 e. The summed E-state index contributed by atoms with van der Waals surface area (Å²) in [5.74, 6) is 5.96. The first-order chi connectivity index (χ1) is 9.27. The molecule has 0 aliphatic carbocycles. The van der Waals surface area contributed by atoms with E-state index in [1.165, 1.54) is 0 Å². The molecule has 0 heterocycles. The van der Waals surface area contributed by atoms with E-state index in [4.69, 9.17) is 4.74 Å². The summed E-state index contributed by atoms with van der Waals surface area (Å²) in [6, 6.07) is 7.27. The highest BCUT2D eigenvalue weighted by molar-refractivity contribution is 5.86. The third-order valence-electron chi connectivity index (χ3n) is 2.29. The first kappa shape index (κ1) is 14.8. The van der Waals surface area contributed by atoms with Crippen molar-refractivity contribution in [2.45, 2.75) is 26.2 Å². The van der Waals surface area contributed by atoms with Gasteiger partial charge < -0.3 is 9.53 Å². The summed E-state index contributed by atoms with van der Waals surface area (Å²) in [5.41, 5.74) is 1.37. The Kier molecular flexibility index (Phi) is 6.81. The van der Waals surface area contributed by atoms with E-state index in [1.54, 1.807) is 13.0 Å². The zero-order valence-electron chi connectivity index (χ0n) is 10.9. The van der Waals surface area contributed by atoms with Crippen LogP contribution in [0.4, 0.5) is 10.5 Å². The Labute approximate surface area is 113 Å². The maximum absolute atomic E-state index is 11.4. The fourth-order valence-corrected chi connectivity index (χ4v) is 1.41. The standard InChI is InChI=1S/C15H17NO3/c1-2-19-15(18)16-14-11-7-6-10-13(14)9-5-3-4-8-12-17/h6-7,10-12H,2-4,8H2,1H3,(H,16,18). The van der Waals surface area contributed by atoms with Crippen LogP contribution >= 0.6 is 0 Å². The van der Waals surface area contributed by atoms with Gasteiger partial charge in [-0.3, -0.25) is 5.32 Å². The van der Waals surface area contributed by atoms with Crippen LogP contribution < -0.4 is 5.32 Å². The first-order valence-corrected chi connectivity index (χ1v) is 6.23. The molecule has 0 spiro atoms. The number of hydrogen-bond acceptors (Lipinski definition) is 3. The Hall–Kier alpha value is -2.28. The van der Waals surface area contributed by atoms with Gasteiger partial charge in [-0.25, -0.2) is 4.79 Å². The summed E-state index contributed by atoms with van der Waals surface area (Å²) in [5, 5.41) is 2.64. The van der Waals surface area contributed by atoms with Crippen LogP contribution in [0.2, 0.25) is 0 Å². The zero-order valence-corrected chi connectivity index (χ0v) is 10.9. The maximum Gasteiger partial charge on any atom is 0.411 e. The number of benzene rings is 1. The van der Waals surface area contributed by atoms with Crippen LogP contribution in [0.3, 0.4) is 0 Å². The van der Waals surface area contributed by atoms with Crippen molar-refractivity contribution in [2.75, 3.05) is 11.9 Å². The van der Waals surface area contributed by atoms with E-state index < -0.39 is 6.09 Å². The molecule has 0 radical (unpaired) electrons. The minimum atomic E-state index is -0.488. The molecular weight excluding hydrogens is 242 g/mol. The van der Waals surface area contributed by atoms with Gasteiger partial charge >= 0.3 is 6.09 Å². The van der Waals surface area contributed by atoms with Crippen LogP contribution in [0.15, 0.2) is 24.3 Å². The lowest BCUT2D eigenvalue weighted by atomic mass is 10.1. The molecule has 4 heteroatoms. The molecule has 0 aromatic heterocycles. The molecule has 4 nitrogen and oxygen atoms in total. The van der Waals surface area contributed by atoms with Gasteiger partial charge in [0.05, 0.1) is 12.3 Å². The van der Waals surface area contributed by atoms with E-state index in [1.807, 2.05) is 18.2 Å². The van der Waals surface area contributed by atoms with E-state index >= 15 is 0 Å². The van der Waals surface area contributed by atoms with Crippen molar-refractivity contribution in [1.29, 1.82) is 0 Å². The predicted molar refractivity (Wildman–Crippen MR) is 73.9 cm³/mol. The molecule has 1 aromatic carbocycles.